The van der Waals surface area contributed by atoms with Crippen LogP contribution < -0.4 is 10.5 Å². The van der Waals surface area contributed by atoms with Crippen LogP contribution in [0.15, 0.2) is 89.7 Å². The maximum Gasteiger partial charge on any atom is 0.290 e. The van der Waals surface area contributed by atoms with Gasteiger partial charge in [0.1, 0.15) is 5.02 Å². The van der Waals surface area contributed by atoms with E-state index in [-0.39, 0.29) is 5.56 Å². The van der Waals surface area contributed by atoms with E-state index in [0.29, 0.717) is 11.6 Å². The molecule has 168 valence electrons. The summed E-state index contributed by atoms with van der Waals surface area (Å²) >= 11 is 6.49. The van der Waals surface area contributed by atoms with E-state index in [0.717, 1.165) is 37.6 Å². The van der Waals surface area contributed by atoms with Crippen LogP contribution in [-0.2, 0) is 13.6 Å². The Morgan fingerprint density at radius 3 is 1.94 bits per heavy atom. The van der Waals surface area contributed by atoms with E-state index in [1.54, 1.807) is 4.68 Å². The third kappa shape index (κ3) is 4.34. The van der Waals surface area contributed by atoms with Gasteiger partial charge in [-0.2, -0.15) is 0 Å². The van der Waals surface area contributed by atoms with Gasteiger partial charge >= 0.3 is 0 Å². The monoisotopic (exact) mass is 458 g/mol. The first-order valence-corrected chi connectivity index (χ1v) is 11.6. The first kappa shape index (κ1) is 21.6. The van der Waals surface area contributed by atoms with Crippen molar-refractivity contribution < 1.29 is 0 Å². The Balaban J connectivity index is 1.26. The third-order valence-electron chi connectivity index (χ3n) is 6.41. The predicted molar refractivity (Wildman–Crippen MR) is 135 cm³/mol. The number of hydrogen-bond donors (Lipinski definition) is 0. The fraction of sp³-hybridized carbons (Fsp3) is 0.222. The lowest BCUT2D eigenvalue weighted by atomic mass is 10.1. The zero-order valence-electron chi connectivity index (χ0n) is 18.7. The maximum absolute atomic E-state index is 12.8. The lowest BCUT2D eigenvalue weighted by Crippen LogP contribution is -2.46. The zero-order valence-corrected chi connectivity index (χ0v) is 19.4. The molecular formula is C27H27ClN4O. The molecule has 33 heavy (non-hydrogen) atoms. The Morgan fingerprint density at radius 1 is 0.727 bits per heavy atom. The molecule has 0 N–H and O–H groups in total. The van der Waals surface area contributed by atoms with Crippen LogP contribution in [0.2, 0.25) is 5.02 Å². The van der Waals surface area contributed by atoms with Gasteiger partial charge in [-0.25, -0.2) is 4.68 Å². The molecule has 0 bridgehead atoms. The van der Waals surface area contributed by atoms with Crippen molar-refractivity contribution in [3.63, 3.8) is 0 Å². The summed E-state index contributed by atoms with van der Waals surface area (Å²) in [5.41, 5.74) is 5.22. The first-order chi connectivity index (χ1) is 16.1. The smallest absolute Gasteiger partial charge is 0.290 e. The molecule has 0 unspecified atom stereocenters. The minimum Gasteiger partial charge on any atom is -0.369 e. The van der Waals surface area contributed by atoms with Crippen LogP contribution in [-0.4, -0.2) is 40.4 Å². The van der Waals surface area contributed by atoms with Gasteiger partial charge in [0, 0.05) is 45.5 Å². The number of para-hydroxylation sites is 1. The van der Waals surface area contributed by atoms with Crippen molar-refractivity contribution in [2.45, 2.75) is 6.54 Å². The molecule has 1 aliphatic rings. The minimum absolute atomic E-state index is 0.169. The number of nitrogens with zero attached hydrogens (tertiary/aromatic N) is 4. The molecule has 0 amide bonds. The molecule has 0 radical (unpaired) electrons. The molecule has 0 atom stereocenters. The number of halogens is 1. The van der Waals surface area contributed by atoms with Gasteiger partial charge in [0.25, 0.3) is 5.56 Å². The van der Waals surface area contributed by atoms with E-state index in [1.165, 1.54) is 16.8 Å². The fourth-order valence-electron chi connectivity index (χ4n) is 4.52. The summed E-state index contributed by atoms with van der Waals surface area (Å²) in [6.07, 6.45) is 0. The molecule has 0 aliphatic carbocycles. The van der Waals surface area contributed by atoms with Gasteiger partial charge in [0.15, 0.2) is 0 Å². The fourth-order valence-corrected chi connectivity index (χ4v) is 4.78. The molecule has 1 aromatic heterocycles. The van der Waals surface area contributed by atoms with Crippen molar-refractivity contribution in [1.82, 2.24) is 14.3 Å². The Labute approximate surface area is 199 Å². The second-order valence-corrected chi connectivity index (χ2v) is 8.79. The maximum atomic E-state index is 12.8. The van der Waals surface area contributed by atoms with Crippen LogP contribution in [0.3, 0.4) is 0 Å². The lowest BCUT2D eigenvalue weighted by Gasteiger charge is -2.36. The van der Waals surface area contributed by atoms with Crippen molar-refractivity contribution in [2.75, 3.05) is 31.1 Å². The quantitative estimate of drug-likeness (QED) is 0.430. The summed E-state index contributed by atoms with van der Waals surface area (Å²) in [5, 5.41) is 0.306. The summed E-state index contributed by atoms with van der Waals surface area (Å²) < 4.78 is 3.52. The van der Waals surface area contributed by atoms with E-state index in [9.17, 15) is 4.79 Å². The van der Waals surface area contributed by atoms with Crippen LogP contribution in [0.25, 0.3) is 16.8 Å². The molecule has 5 nitrogen and oxygen atoms in total. The molecule has 0 spiro atoms. The van der Waals surface area contributed by atoms with Crippen LogP contribution in [0.5, 0.6) is 0 Å². The minimum atomic E-state index is -0.169. The highest BCUT2D eigenvalue weighted by Gasteiger charge is 2.23. The predicted octanol–water partition coefficient (Wildman–Crippen LogP) is 4.82. The Hall–Kier alpha value is -3.28. The molecule has 3 aromatic carbocycles. The first-order valence-electron chi connectivity index (χ1n) is 11.3. The van der Waals surface area contributed by atoms with Gasteiger partial charge in [0.2, 0.25) is 0 Å². The molecule has 2 heterocycles. The van der Waals surface area contributed by atoms with Gasteiger partial charge in [-0.05, 0) is 35.4 Å². The van der Waals surface area contributed by atoms with Crippen molar-refractivity contribution in [1.29, 1.82) is 0 Å². The molecule has 4 aromatic rings. The van der Waals surface area contributed by atoms with E-state index in [2.05, 4.69) is 58.3 Å². The van der Waals surface area contributed by atoms with E-state index < -0.39 is 0 Å². The summed E-state index contributed by atoms with van der Waals surface area (Å²) in [6, 6.07) is 28.9. The average molecular weight is 459 g/mol. The Morgan fingerprint density at radius 2 is 1.30 bits per heavy atom. The molecule has 5 rings (SSSR count). The second-order valence-electron chi connectivity index (χ2n) is 8.41. The topological polar surface area (TPSA) is 33.4 Å². The van der Waals surface area contributed by atoms with Gasteiger partial charge in [-0.3, -0.25) is 14.4 Å². The zero-order chi connectivity index (χ0) is 22.8. The number of hydrogen-bond acceptors (Lipinski definition) is 3. The van der Waals surface area contributed by atoms with Crippen molar-refractivity contribution in [3.05, 3.63) is 106 Å². The normalized spacial score (nSPS) is 14.5. The SMILES string of the molecule is Cn1c(CN2CCN(c3ccc(-c4ccccc4)cc3)CC2)c(Cl)c(=O)n1-c1ccccc1. The van der Waals surface area contributed by atoms with E-state index in [1.807, 2.05) is 48.1 Å². The summed E-state index contributed by atoms with van der Waals surface area (Å²) in [4.78, 5) is 17.6. The highest BCUT2D eigenvalue weighted by molar-refractivity contribution is 6.31. The van der Waals surface area contributed by atoms with Crippen LogP contribution >= 0.6 is 11.6 Å². The standard InChI is InChI=1S/C27H27ClN4O/c1-29-25(26(28)27(33)32(29)24-10-6-3-7-11-24)20-30-16-18-31(19-17-30)23-14-12-22(13-15-23)21-8-4-2-5-9-21/h2-15H,16-20H2,1H3. The van der Waals surface area contributed by atoms with Crippen LogP contribution in [0.1, 0.15) is 5.69 Å². The number of benzene rings is 3. The number of aromatic nitrogens is 2. The summed E-state index contributed by atoms with van der Waals surface area (Å²) in [5.74, 6) is 0. The van der Waals surface area contributed by atoms with Crippen molar-refractivity contribution in [2.24, 2.45) is 7.05 Å². The summed E-state index contributed by atoms with van der Waals surface area (Å²) in [7, 11) is 1.90. The summed E-state index contributed by atoms with van der Waals surface area (Å²) in [6.45, 7) is 4.37. The number of piperazine rings is 1. The Kier molecular flexibility index (Phi) is 6.07. The van der Waals surface area contributed by atoms with Gasteiger partial charge < -0.3 is 4.90 Å². The Bertz CT molecular complexity index is 1270. The van der Waals surface area contributed by atoms with Gasteiger partial charge in [-0.15, -0.1) is 0 Å². The van der Waals surface area contributed by atoms with E-state index in [4.69, 9.17) is 11.6 Å². The molecule has 0 saturated carbocycles. The van der Waals surface area contributed by atoms with Crippen molar-refractivity contribution >= 4 is 17.3 Å². The largest absolute Gasteiger partial charge is 0.369 e. The van der Waals surface area contributed by atoms with Crippen molar-refractivity contribution in [3.8, 4) is 16.8 Å². The average Bonchev–Trinajstić information content (AvgIpc) is 3.08. The second kappa shape index (κ2) is 9.30. The van der Waals surface area contributed by atoms with Gasteiger partial charge in [0.05, 0.1) is 11.4 Å². The molecule has 6 heteroatoms. The molecular weight excluding hydrogens is 432 g/mol. The van der Waals surface area contributed by atoms with E-state index >= 15 is 0 Å². The molecule has 1 saturated heterocycles. The lowest BCUT2D eigenvalue weighted by molar-refractivity contribution is 0.243. The van der Waals surface area contributed by atoms with Gasteiger partial charge in [-0.1, -0.05) is 72.3 Å². The highest BCUT2D eigenvalue weighted by Crippen LogP contribution is 2.24. The molecule has 1 fully saturated rings. The molecule has 1 aliphatic heterocycles. The highest BCUT2D eigenvalue weighted by atomic mass is 35.5. The van der Waals surface area contributed by atoms with Crippen LogP contribution in [0.4, 0.5) is 5.69 Å². The number of anilines is 1. The van der Waals surface area contributed by atoms with Crippen LogP contribution in [0, 0.1) is 0 Å². The third-order valence-corrected chi connectivity index (χ3v) is 6.79. The number of rotatable bonds is 5.